The number of hydrogen-bond donors (Lipinski definition) is 3. The van der Waals surface area contributed by atoms with Crippen LogP contribution in [0.1, 0.15) is 81.5 Å². The van der Waals surface area contributed by atoms with Gasteiger partial charge in [-0.05, 0) is 82.6 Å². The van der Waals surface area contributed by atoms with Crippen molar-refractivity contribution in [3.63, 3.8) is 0 Å². The third-order valence-corrected chi connectivity index (χ3v) is 10.4. The number of benzene rings is 1. The molecule has 226 valence electrons. The highest BCUT2D eigenvalue weighted by molar-refractivity contribution is 5.98. The van der Waals surface area contributed by atoms with Crippen molar-refractivity contribution < 1.29 is 38.1 Å². The first-order chi connectivity index (χ1) is 19.6. The second kappa shape index (κ2) is 11.8. The van der Waals surface area contributed by atoms with Gasteiger partial charge in [0.05, 0.1) is 36.7 Å². The second-order valence-electron chi connectivity index (χ2n) is 13.0. The van der Waals surface area contributed by atoms with Gasteiger partial charge >= 0.3 is 5.97 Å². The maximum atomic E-state index is 15.0. The third kappa shape index (κ3) is 5.90. The molecule has 0 radical (unpaired) electrons. The predicted molar refractivity (Wildman–Crippen MR) is 148 cm³/mol. The summed E-state index contributed by atoms with van der Waals surface area (Å²) in [6.07, 6.45) is 7.49. The molecule has 0 heterocycles. The van der Waals surface area contributed by atoms with Crippen molar-refractivity contribution in [1.82, 2.24) is 10.6 Å². The molecular weight excluding hydrogens is 531 g/mol. The SMILES string of the molecule is COCC1(CNC(=O)[C@H]2[C@@H]3CC[C@@H](C3)[C@H]2NC(=O)c2cc(OC3CCC(C)(C(=O)O)CC3)c(F)cc2OC)CCC1. The van der Waals surface area contributed by atoms with E-state index in [-0.39, 0.29) is 58.3 Å². The van der Waals surface area contributed by atoms with Crippen molar-refractivity contribution in [3.05, 3.63) is 23.5 Å². The van der Waals surface area contributed by atoms with Gasteiger partial charge < -0.3 is 30.0 Å². The highest BCUT2D eigenvalue weighted by atomic mass is 19.1. The molecule has 0 spiro atoms. The van der Waals surface area contributed by atoms with Crippen molar-refractivity contribution in [2.45, 2.75) is 83.3 Å². The van der Waals surface area contributed by atoms with Crippen molar-refractivity contribution in [2.75, 3.05) is 27.4 Å². The molecule has 1 aromatic rings. The summed E-state index contributed by atoms with van der Waals surface area (Å²) < 4.78 is 31.7. The minimum atomic E-state index is -0.837. The number of carboxylic acids is 1. The Hall–Kier alpha value is -2.88. The van der Waals surface area contributed by atoms with E-state index >= 15 is 0 Å². The molecule has 0 aliphatic heterocycles. The van der Waals surface area contributed by atoms with Crippen LogP contribution in [0.25, 0.3) is 0 Å². The van der Waals surface area contributed by atoms with Gasteiger partial charge in [-0.25, -0.2) is 4.39 Å². The fraction of sp³-hybridized carbons (Fsp3) is 0.710. The lowest BCUT2D eigenvalue weighted by molar-refractivity contribution is -0.150. The van der Waals surface area contributed by atoms with Crippen LogP contribution in [0.2, 0.25) is 0 Å². The molecule has 4 aliphatic rings. The van der Waals surface area contributed by atoms with Crippen LogP contribution < -0.4 is 20.1 Å². The smallest absolute Gasteiger partial charge is 0.309 e. The second-order valence-corrected chi connectivity index (χ2v) is 13.0. The summed E-state index contributed by atoms with van der Waals surface area (Å²) in [5, 5.41) is 15.8. The predicted octanol–water partition coefficient (Wildman–Crippen LogP) is 4.32. The number of amides is 2. The largest absolute Gasteiger partial charge is 0.496 e. The van der Waals surface area contributed by atoms with E-state index in [1.54, 1.807) is 14.0 Å². The zero-order valence-electron chi connectivity index (χ0n) is 24.3. The van der Waals surface area contributed by atoms with E-state index in [1.165, 1.54) is 13.2 Å². The molecule has 0 aromatic heterocycles. The molecular formula is C31H43FN2O7. The first kappa shape index (κ1) is 29.6. The summed E-state index contributed by atoms with van der Waals surface area (Å²) in [6, 6.07) is 2.20. The minimum absolute atomic E-state index is 0.00321. The lowest BCUT2D eigenvalue weighted by Gasteiger charge is -2.42. The maximum Gasteiger partial charge on any atom is 0.309 e. The van der Waals surface area contributed by atoms with Crippen LogP contribution in [0.5, 0.6) is 11.5 Å². The number of ether oxygens (including phenoxy) is 3. The molecule has 0 saturated heterocycles. The van der Waals surface area contributed by atoms with Crippen LogP contribution in [-0.2, 0) is 14.3 Å². The van der Waals surface area contributed by atoms with Gasteiger partial charge in [-0.15, -0.1) is 0 Å². The first-order valence-corrected chi connectivity index (χ1v) is 14.9. The standard InChI is InChI=1S/C31H43FN2O7/c1-30(29(37)38)11-7-20(8-12-30)41-24-14-21(23(40-3)15-22(24)32)27(35)34-26-19-6-5-18(13-19)25(26)28(36)33-16-31(17-39-2)9-4-10-31/h14-15,18-20,25-26H,4-13,16-17H2,1-3H3,(H,33,36)(H,34,35)(H,37,38)/t18-,19+,20?,25+,26-,30?/m1/s1. The lowest BCUT2D eigenvalue weighted by atomic mass is 9.69. The number of carbonyl (C=O) groups is 3. The Kier molecular flexibility index (Phi) is 8.51. The molecule has 4 saturated carbocycles. The summed E-state index contributed by atoms with van der Waals surface area (Å²) in [5.41, 5.74) is -0.663. The van der Waals surface area contributed by atoms with Crippen LogP contribution in [-0.4, -0.2) is 62.4 Å². The van der Waals surface area contributed by atoms with Gasteiger partial charge in [-0.3, -0.25) is 14.4 Å². The molecule has 10 heteroatoms. The maximum absolute atomic E-state index is 15.0. The average molecular weight is 575 g/mol. The molecule has 4 fully saturated rings. The summed E-state index contributed by atoms with van der Waals surface area (Å²) in [4.78, 5) is 38.6. The van der Waals surface area contributed by atoms with Crippen molar-refractivity contribution >= 4 is 17.8 Å². The highest BCUT2D eigenvalue weighted by Crippen LogP contribution is 2.49. The number of carboxylic acid groups (broad SMARTS) is 1. The average Bonchev–Trinajstić information content (AvgIpc) is 3.54. The van der Waals surface area contributed by atoms with Crippen molar-refractivity contribution in [3.8, 4) is 11.5 Å². The van der Waals surface area contributed by atoms with Gasteiger partial charge in [0, 0.05) is 31.2 Å². The van der Waals surface area contributed by atoms with Crippen LogP contribution >= 0.6 is 0 Å². The lowest BCUT2D eigenvalue weighted by Crippen LogP contribution is -2.52. The molecule has 4 aliphatic carbocycles. The molecule has 3 N–H and O–H groups in total. The number of methoxy groups -OCH3 is 2. The Morgan fingerprint density at radius 3 is 2.34 bits per heavy atom. The molecule has 4 atom stereocenters. The van der Waals surface area contributed by atoms with Gasteiger partial charge in [0.2, 0.25) is 5.91 Å². The highest BCUT2D eigenvalue weighted by Gasteiger charge is 2.52. The van der Waals surface area contributed by atoms with Crippen LogP contribution in [0.3, 0.4) is 0 Å². The fourth-order valence-corrected chi connectivity index (χ4v) is 7.56. The number of hydrogen-bond acceptors (Lipinski definition) is 6. The van der Waals surface area contributed by atoms with E-state index in [2.05, 4.69) is 10.6 Å². The molecule has 9 nitrogen and oxygen atoms in total. The first-order valence-electron chi connectivity index (χ1n) is 14.9. The van der Waals surface area contributed by atoms with Crippen molar-refractivity contribution in [1.29, 1.82) is 0 Å². The number of aliphatic carboxylic acids is 1. The molecule has 1 aromatic carbocycles. The summed E-state index contributed by atoms with van der Waals surface area (Å²) in [5.74, 6) is -1.80. The number of halogens is 1. The summed E-state index contributed by atoms with van der Waals surface area (Å²) in [6.45, 7) is 2.92. The number of carbonyl (C=O) groups excluding carboxylic acids is 2. The van der Waals surface area contributed by atoms with Crippen LogP contribution in [0.4, 0.5) is 4.39 Å². The molecule has 2 bridgehead atoms. The van der Waals surface area contributed by atoms with Crippen LogP contribution in [0, 0.1) is 34.4 Å². The quantitative estimate of drug-likeness (QED) is 0.360. The Balaban J connectivity index is 1.27. The van der Waals surface area contributed by atoms with E-state index < -0.39 is 23.1 Å². The Morgan fingerprint density at radius 1 is 1.02 bits per heavy atom. The van der Waals surface area contributed by atoms with Gasteiger partial charge in [-0.2, -0.15) is 0 Å². The number of rotatable bonds is 11. The number of fused-ring (bicyclic) bond motifs is 2. The summed E-state index contributed by atoms with van der Waals surface area (Å²) in [7, 11) is 3.07. The van der Waals surface area contributed by atoms with Gasteiger partial charge in [-0.1, -0.05) is 6.42 Å². The molecule has 41 heavy (non-hydrogen) atoms. The Labute approximate surface area is 240 Å². The zero-order chi connectivity index (χ0) is 29.4. The fourth-order valence-electron chi connectivity index (χ4n) is 7.56. The van der Waals surface area contributed by atoms with Crippen LogP contribution in [0.15, 0.2) is 12.1 Å². The topological polar surface area (TPSA) is 123 Å². The monoisotopic (exact) mass is 574 g/mol. The van der Waals surface area contributed by atoms with Gasteiger partial charge in [0.25, 0.3) is 5.91 Å². The third-order valence-electron chi connectivity index (χ3n) is 10.4. The molecule has 5 rings (SSSR count). The summed E-state index contributed by atoms with van der Waals surface area (Å²) >= 11 is 0. The number of nitrogens with one attached hydrogen (secondary N) is 2. The van der Waals surface area contributed by atoms with Crippen molar-refractivity contribution in [2.24, 2.45) is 28.6 Å². The van der Waals surface area contributed by atoms with E-state index in [0.29, 0.717) is 38.8 Å². The van der Waals surface area contributed by atoms with Gasteiger partial charge in [0.15, 0.2) is 11.6 Å². The molecule has 0 unspecified atom stereocenters. The van der Waals surface area contributed by atoms with Gasteiger partial charge in [0.1, 0.15) is 5.75 Å². The van der Waals surface area contributed by atoms with E-state index in [1.807, 2.05) is 0 Å². The Bertz CT molecular complexity index is 1160. The zero-order valence-corrected chi connectivity index (χ0v) is 24.3. The van der Waals surface area contributed by atoms with E-state index in [9.17, 15) is 23.9 Å². The van der Waals surface area contributed by atoms with E-state index in [0.717, 1.165) is 44.6 Å². The Morgan fingerprint density at radius 2 is 1.73 bits per heavy atom. The molecule has 2 amide bonds. The minimum Gasteiger partial charge on any atom is -0.496 e. The normalized spacial score (nSPS) is 31.7. The van der Waals surface area contributed by atoms with E-state index in [4.69, 9.17) is 14.2 Å².